The first-order chi connectivity index (χ1) is 20.4. The fourth-order valence-corrected chi connectivity index (χ4v) is 5.70. The van der Waals surface area contributed by atoms with Gasteiger partial charge < -0.3 is 24.8 Å². The minimum absolute atomic E-state index is 0.0155. The lowest BCUT2D eigenvalue weighted by Crippen LogP contribution is -2.25. The number of anilines is 1. The van der Waals surface area contributed by atoms with E-state index in [1.54, 1.807) is 16.7 Å². The van der Waals surface area contributed by atoms with Crippen LogP contribution in [0.2, 0.25) is 0 Å². The van der Waals surface area contributed by atoms with E-state index in [2.05, 4.69) is 25.8 Å². The molecule has 0 aliphatic rings. The molecule has 0 aliphatic heterocycles. The Hall–Kier alpha value is -4.69. The van der Waals surface area contributed by atoms with Gasteiger partial charge in [-0.3, -0.25) is 14.2 Å². The van der Waals surface area contributed by atoms with Crippen molar-refractivity contribution in [2.24, 2.45) is 0 Å². The van der Waals surface area contributed by atoms with Crippen molar-refractivity contribution >= 4 is 50.3 Å². The molecule has 5 aromatic rings. The summed E-state index contributed by atoms with van der Waals surface area (Å²) in [7, 11) is 4.40. The Morgan fingerprint density at radius 1 is 0.976 bits per heavy atom. The van der Waals surface area contributed by atoms with Crippen molar-refractivity contribution in [1.82, 2.24) is 25.1 Å². The molecule has 2 amide bonds. The third-order valence-electron chi connectivity index (χ3n) is 5.99. The molecule has 0 unspecified atom stereocenters. The van der Waals surface area contributed by atoms with Gasteiger partial charge in [0.25, 0.3) is 5.91 Å². The molecule has 0 aliphatic carbocycles. The smallest absolute Gasteiger partial charge is 0.251 e. The van der Waals surface area contributed by atoms with Crippen LogP contribution < -0.4 is 24.8 Å². The highest BCUT2D eigenvalue weighted by molar-refractivity contribution is 7.99. The molecule has 0 atom stereocenters. The molecule has 2 N–H and O–H groups in total. The standard InChI is InChI=1S/C28H25FN6O5S2/c1-38-20-12-16(13-21(39-2)25(20)40-3)26(37)30-14-23-33-34-28(35(23)18-10-8-17(29)9-11-18)41-15-24(36)32-27-31-19-6-4-5-7-22(19)42-27/h4-13H,14-15H2,1-3H3,(H,30,37)(H,31,32,36). The maximum absolute atomic E-state index is 13.7. The number of thiazole rings is 1. The van der Waals surface area contributed by atoms with E-state index < -0.39 is 11.7 Å². The molecule has 0 spiro atoms. The van der Waals surface area contributed by atoms with Gasteiger partial charge in [0.1, 0.15) is 5.82 Å². The maximum atomic E-state index is 13.7. The van der Waals surface area contributed by atoms with Crippen LogP contribution in [0.25, 0.3) is 15.9 Å². The van der Waals surface area contributed by atoms with Crippen molar-refractivity contribution in [3.63, 3.8) is 0 Å². The molecule has 0 saturated heterocycles. The van der Waals surface area contributed by atoms with Crippen LogP contribution in [0.5, 0.6) is 17.2 Å². The molecule has 0 radical (unpaired) electrons. The zero-order valence-corrected chi connectivity index (χ0v) is 24.3. The first-order valence-corrected chi connectivity index (χ1v) is 14.3. The summed E-state index contributed by atoms with van der Waals surface area (Å²) >= 11 is 2.53. The summed E-state index contributed by atoms with van der Waals surface area (Å²) in [5.74, 6) is 0.315. The third kappa shape index (κ3) is 6.29. The first kappa shape index (κ1) is 28.8. The number of hydrogen-bond acceptors (Lipinski definition) is 10. The van der Waals surface area contributed by atoms with E-state index in [9.17, 15) is 14.0 Å². The maximum Gasteiger partial charge on any atom is 0.251 e. The molecular weight excluding hydrogens is 583 g/mol. The number of hydrogen-bond donors (Lipinski definition) is 2. The number of fused-ring (bicyclic) bond motifs is 1. The summed E-state index contributed by atoms with van der Waals surface area (Å²) < 4.78 is 32.3. The second-order valence-electron chi connectivity index (χ2n) is 8.63. The Balaban J connectivity index is 1.33. The number of nitrogens with zero attached hydrogens (tertiary/aromatic N) is 4. The number of benzene rings is 3. The second-order valence-corrected chi connectivity index (χ2v) is 10.6. The van der Waals surface area contributed by atoms with Crippen LogP contribution in [0.1, 0.15) is 16.2 Å². The largest absolute Gasteiger partial charge is 0.493 e. The highest BCUT2D eigenvalue weighted by Crippen LogP contribution is 2.38. The van der Waals surface area contributed by atoms with Crippen LogP contribution in [0.3, 0.4) is 0 Å². The Labute approximate surface area is 248 Å². The van der Waals surface area contributed by atoms with Gasteiger partial charge in [0.2, 0.25) is 11.7 Å². The van der Waals surface area contributed by atoms with Gasteiger partial charge in [0.15, 0.2) is 27.6 Å². The zero-order chi connectivity index (χ0) is 29.6. The molecule has 3 aromatic carbocycles. The molecule has 2 aromatic heterocycles. The number of carbonyl (C=O) groups excluding carboxylic acids is 2. The summed E-state index contributed by atoms with van der Waals surface area (Å²) in [6.07, 6.45) is 0. The molecule has 42 heavy (non-hydrogen) atoms. The molecule has 0 bridgehead atoms. The Morgan fingerprint density at radius 2 is 1.69 bits per heavy atom. The number of rotatable bonds is 11. The molecule has 216 valence electrons. The average Bonchev–Trinajstić information content (AvgIpc) is 3.61. The summed E-state index contributed by atoms with van der Waals surface area (Å²) in [5, 5.41) is 15.0. The van der Waals surface area contributed by atoms with Crippen LogP contribution >= 0.6 is 23.1 Å². The number of ether oxygens (including phenoxy) is 3. The van der Waals surface area contributed by atoms with E-state index in [1.165, 1.54) is 56.9 Å². The normalized spacial score (nSPS) is 10.9. The Morgan fingerprint density at radius 3 is 2.36 bits per heavy atom. The molecule has 0 saturated carbocycles. The van der Waals surface area contributed by atoms with Crippen molar-refractivity contribution in [2.45, 2.75) is 11.7 Å². The van der Waals surface area contributed by atoms with Crippen LogP contribution in [0.15, 0.2) is 65.8 Å². The minimum Gasteiger partial charge on any atom is -0.493 e. The molecule has 14 heteroatoms. The first-order valence-electron chi connectivity index (χ1n) is 12.5. The third-order valence-corrected chi connectivity index (χ3v) is 7.87. The summed E-state index contributed by atoms with van der Waals surface area (Å²) in [6, 6.07) is 16.4. The fraction of sp³-hybridized carbons (Fsp3) is 0.179. The number of para-hydroxylation sites is 1. The second kappa shape index (κ2) is 12.9. The zero-order valence-electron chi connectivity index (χ0n) is 22.7. The molecule has 0 fully saturated rings. The monoisotopic (exact) mass is 608 g/mol. The number of aromatic nitrogens is 4. The Kier molecular flexibility index (Phi) is 8.83. The predicted octanol–water partition coefficient (Wildman–Crippen LogP) is 4.70. The molecular formula is C28H25FN6O5S2. The van der Waals surface area contributed by atoms with Gasteiger partial charge in [0, 0.05) is 11.3 Å². The van der Waals surface area contributed by atoms with Crippen LogP contribution in [-0.4, -0.2) is 58.6 Å². The van der Waals surface area contributed by atoms with Gasteiger partial charge in [-0.1, -0.05) is 35.2 Å². The molecule has 11 nitrogen and oxygen atoms in total. The van der Waals surface area contributed by atoms with Gasteiger partial charge in [0.05, 0.1) is 43.8 Å². The van der Waals surface area contributed by atoms with Crippen LogP contribution in [0, 0.1) is 5.82 Å². The lowest BCUT2D eigenvalue weighted by Gasteiger charge is -2.14. The average molecular weight is 609 g/mol. The lowest BCUT2D eigenvalue weighted by molar-refractivity contribution is -0.113. The van der Waals surface area contributed by atoms with E-state index in [1.807, 2.05) is 24.3 Å². The van der Waals surface area contributed by atoms with E-state index in [-0.39, 0.29) is 23.8 Å². The fourth-order valence-electron chi connectivity index (χ4n) is 4.04. The van der Waals surface area contributed by atoms with Crippen molar-refractivity contribution in [2.75, 3.05) is 32.4 Å². The number of methoxy groups -OCH3 is 3. The number of amides is 2. The summed E-state index contributed by atoms with van der Waals surface area (Å²) in [5.41, 5.74) is 1.64. The van der Waals surface area contributed by atoms with Gasteiger partial charge in [-0.25, -0.2) is 9.37 Å². The quantitative estimate of drug-likeness (QED) is 0.205. The summed E-state index contributed by atoms with van der Waals surface area (Å²) in [4.78, 5) is 30.2. The van der Waals surface area contributed by atoms with E-state index in [0.717, 1.165) is 22.0 Å². The Bertz CT molecular complexity index is 1680. The van der Waals surface area contributed by atoms with Crippen LogP contribution in [0.4, 0.5) is 9.52 Å². The predicted molar refractivity (Wildman–Crippen MR) is 158 cm³/mol. The number of halogens is 1. The van der Waals surface area contributed by atoms with Gasteiger partial charge in [-0.05, 0) is 48.5 Å². The van der Waals surface area contributed by atoms with Crippen molar-refractivity contribution in [3.8, 4) is 22.9 Å². The van der Waals surface area contributed by atoms with Crippen molar-refractivity contribution in [1.29, 1.82) is 0 Å². The summed E-state index contributed by atoms with van der Waals surface area (Å²) in [6.45, 7) is -0.0155. The lowest BCUT2D eigenvalue weighted by atomic mass is 10.1. The topological polar surface area (TPSA) is 129 Å². The van der Waals surface area contributed by atoms with E-state index in [4.69, 9.17) is 14.2 Å². The van der Waals surface area contributed by atoms with E-state index in [0.29, 0.717) is 39.0 Å². The van der Waals surface area contributed by atoms with Crippen molar-refractivity contribution in [3.05, 3.63) is 77.9 Å². The molecule has 2 heterocycles. The highest BCUT2D eigenvalue weighted by Gasteiger charge is 2.20. The van der Waals surface area contributed by atoms with Gasteiger partial charge in [-0.15, -0.1) is 10.2 Å². The van der Waals surface area contributed by atoms with Crippen molar-refractivity contribution < 1.29 is 28.2 Å². The minimum atomic E-state index is -0.424. The number of nitrogens with one attached hydrogen (secondary N) is 2. The van der Waals surface area contributed by atoms with E-state index >= 15 is 0 Å². The molecule has 5 rings (SSSR count). The number of carbonyl (C=O) groups is 2. The van der Waals surface area contributed by atoms with Gasteiger partial charge in [-0.2, -0.15) is 0 Å². The van der Waals surface area contributed by atoms with Gasteiger partial charge >= 0.3 is 0 Å². The van der Waals surface area contributed by atoms with Crippen LogP contribution in [-0.2, 0) is 11.3 Å². The SMILES string of the molecule is COc1cc(C(=O)NCc2nnc(SCC(=O)Nc3nc4ccccc4s3)n2-c2ccc(F)cc2)cc(OC)c1OC. The number of thioether (sulfide) groups is 1. The highest BCUT2D eigenvalue weighted by atomic mass is 32.2.